The number of likely N-dealkylation sites (tertiary alicyclic amines) is 1. The minimum absolute atomic E-state index is 0.0313. The minimum Gasteiger partial charge on any atom is -0.508 e. The number of carbonyl (C=O) groups is 2. The fourth-order valence-electron chi connectivity index (χ4n) is 10.7. The van der Waals surface area contributed by atoms with Crippen LogP contribution in [0.15, 0.2) is 85.1 Å². The number of ether oxygens (including phenoxy) is 1. The van der Waals surface area contributed by atoms with E-state index in [2.05, 4.69) is 76.5 Å². The average Bonchev–Trinajstić information content (AvgIpc) is 3.80. The van der Waals surface area contributed by atoms with Gasteiger partial charge in [0.1, 0.15) is 28.8 Å². The summed E-state index contributed by atoms with van der Waals surface area (Å²) in [5.74, 6) is 3.89. The number of nitrogens with zero attached hydrogens (tertiary/aromatic N) is 11. The first-order valence-corrected chi connectivity index (χ1v) is 25.8. The molecule has 6 aromatic rings. The monoisotopic (exact) mass is 991 g/mol. The molecule has 17 heteroatoms. The van der Waals surface area contributed by atoms with Gasteiger partial charge in [-0.3, -0.25) is 19.1 Å². The van der Waals surface area contributed by atoms with Gasteiger partial charge in [-0.05, 0) is 112 Å². The molecule has 5 heterocycles. The van der Waals surface area contributed by atoms with Crippen LogP contribution < -0.4 is 24.8 Å². The van der Waals surface area contributed by atoms with E-state index in [0.717, 1.165) is 131 Å². The van der Waals surface area contributed by atoms with E-state index < -0.39 is 0 Å². The van der Waals surface area contributed by atoms with Crippen molar-refractivity contribution in [2.45, 2.75) is 66.3 Å². The molecule has 0 bridgehead atoms. The molecule has 3 fully saturated rings. The number of phenolic OH excluding ortho intramolecular Hbond substituents is 2. The van der Waals surface area contributed by atoms with Crippen LogP contribution in [0.4, 0.5) is 34.5 Å². The summed E-state index contributed by atoms with van der Waals surface area (Å²) in [4.78, 5) is 48.2. The molecule has 17 nitrogen and oxygen atoms in total. The molecule has 0 spiro atoms. The number of hydrogen-bond acceptors (Lipinski definition) is 14. The minimum atomic E-state index is -0.0313. The zero-order valence-corrected chi connectivity index (χ0v) is 43.2. The Morgan fingerprint density at radius 2 is 1.52 bits per heavy atom. The van der Waals surface area contributed by atoms with E-state index in [4.69, 9.17) is 9.72 Å². The van der Waals surface area contributed by atoms with Gasteiger partial charge < -0.3 is 44.8 Å². The standard InChI is InChI=1S/C56H70N12O5/c1-7-42-31-46(51(71)33-50(42)70)53-61-60-39(4)68(53)44-15-13-40(14-16-44)35-64-27-29-65(30-28-64)36-41-19-23-67(24-20-41)55(72)43-21-25-66(26-22-43)45-17-18-47(52(32-45)73-8-2)58-56-57-34-49(62(5)37-69)54(59-56)63(6)48-12-10-9-11-38(48)3/h9-18,31-34,37,41,43,70-71H,7-8,19-30,35-36H2,1-6H3,(H,57,58,59). The Balaban J connectivity index is 0.725. The Morgan fingerprint density at radius 1 is 0.808 bits per heavy atom. The van der Waals surface area contributed by atoms with Gasteiger partial charge in [-0.15, -0.1) is 10.2 Å². The van der Waals surface area contributed by atoms with Crippen LogP contribution in [0.25, 0.3) is 17.1 Å². The van der Waals surface area contributed by atoms with Gasteiger partial charge in [0.2, 0.25) is 18.3 Å². The Bertz CT molecular complexity index is 2870. The number of piperazine rings is 1. The van der Waals surface area contributed by atoms with Gasteiger partial charge in [0.25, 0.3) is 0 Å². The molecule has 0 radical (unpaired) electrons. The summed E-state index contributed by atoms with van der Waals surface area (Å²) in [6.45, 7) is 17.7. The molecule has 384 valence electrons. The predicted octanol–water partition coefficient (Wildman–Crippen LogP) is 8.09. The van der Waals surface area contributed by atoms with Crippen LogP contribution in [0.5, 0.6) is 17.2 Å². The summed E-state index contributed by atoms with van der Waals surface area (Å²) in [7, 11) is 3.62. The first-order chi connectivity index (χ1) is 35.4. The van der Waals surface area contributed by atoms with Gasteiger partial charge in [-0.1, -0.05) is 37.3 Å². The molecule has 3 aliphatic rings. The molecule has 0 aliphatic carbocycles. The van der Waals surface area contributed by atoms with Gasteiger partial charge >= 0.3 is 0 Å². The maximum atomic E-state index is 13.9. The van der Waals surface area contributed by atoms with Gasteiger partial charge in [0, 0.05) is 115 Å². The van der Waals surface area contributed by atoms with Crippen molar-refractivity contribution in [1.29, 1.82) is 0 Å². The van der Waals surface area contributed by atoms with Crippen molar-refractivity contribution in [3.8, 4) is 34.3 Å². The first kappa shape index (κ1) is 50.7. The molecular formula is C56H70N12O5. The summed E-state index contributed by atoms with van der Waals surface area (Å²) >= 11 is 0. The fraction of sp³-hybridized carbons (Fsp3) is 0.429. The molecule has 9 rings (SSSR count). The zero-order valence-electron chi connectivity index (χ0n) is 43.2. The van der Waals surface area contributed by atoms with Crippen molar-refractivity contribution in [1.82, 2.24) is 39.4 Å². The molecule has 3 N–H and O–H groups in total. The number of anilines is 6. The Labute approximate surface area is 429 Å². The van der Waals surface area contributed by atoms with Crippen molar-refractivity contribution in [2.24, 2.45) is 11.8 Å². The number of carbonyl (C=O) groups excluding carboxylic acids is 2. The smallest absolute Gasteiger partial charge is 0.229 e. The topological polar surface area (TPSA) is 172 Å². The highest BCUT2D eigenvalue weighted by molar-refractivity contribution is 5.85. The summed E-state index contributed by atoms with van der Waals surface area (Å²) in [5, 5.41) is 33.0. The van der Waals surface area contributed by atoms with E-state index in [9.17, 15) is 19.8 Å². The first-order valence-electron chi connectivity index (χ1n) is 25.8. The van der Waals surface area contributed by atoms with Crippen molar-refractivity contribution in [3.63, 3.8) is 0 Å². The molecule has 0 saturated carbocycles. The lowest BCUT2D eigenvalue weighted by molar-refractivity contribution is -0.137. The number of rotatable bonds is 17. The summed E-state index contributed by atoms with van der Waals surface area (Å²) in [6, 6.07) is 25.8. The maximum Gasteiger partial charge on any atom is 0.229 e. The number of aromatic hydroxyl groups is 2. The SMILES string of the molecule is CCOc1cc(N2CCC(C(=O)N3CCC(CN4CCN(Cc5ccc(-n6c(C)nnc6-c6cc(CC)c(O)cc6O)cc5)CC4)CC3)CC2)ccc1Nc1ncc(N(C)C=O)c(N(C)c2ccccc2C)n1. The molecule has 3 saturated heterocycles. The highest BCUT2D eigenvalue weighted by Gasteiger charge is 2.32. The van der Waals surface area contributed by atoms with E-state index >= 15 is 0 Å². The zero-order chi connectivity index (χ0) is 51.2. The largest absolute Gasteiger partial charge is 0.508 e. The molecule has 4 aromatic carbocycles. The number of piperidine rings is 2. The third-order valence-electron chi connectivity index (χ3n) is 15.0. The molecule has 0 unspecified atom stereocenters. The number of benzene rings is 4. The number of para-hydroxylation sites is 1. The van der Waals surface area contributed by atoms with E-state index in [1.807, 2.05) is 74.5 Å². The normalized spacial score (nSPS) is 16.1. The predicted molar refractivity (Wildman–Crippen MR) is 287 cm³/mol. The van der Waals surface area contributed by atoms with Crippen LogP contribution >= 0.6 is 0 Å². The van der Waals surface area contributed by atoms with Crippen LogP contribution in [-0.4, -0.2) is 142 Å². The number of aromatic nitrogens is 5. The molecular weight excluding hydrogens is 921 g/mol. The van der Waals surface area contributed by atoms with E-state index in [1.54, 1.807) is 19.3 Å². The second-order valence-corrected chi connectivity index (χ2v) is 19.7. The lowest BCUT2D eigenvalue weighted by atomic mass is 9.91. The quantitative estimate of drug-likeness (QED) is 0.0749. The number of nitrogens with one attached hydrogen (secondary N) is 1. The Hall–Kier alpha value is -7.24. The second-order valence-electron chi connectivity index (χ2n) is 19.7. The summed E-state index contributed by atoms with van der Waals surface area (Å²) in [5.41, 5.74) is 7.85. The third-order valence-corrected chi connectivity index (χ3v) is 15.0. The van der Waals surface area contributed by atoms with E-state index in [-0.39, 0.29) is 17.4 Å². The van der Waals surface area contributed by atoms with Crippen LogP contribution in [-0.2, 0) is 22.6 Å². The van der Waals surface area contributed by atoms with Crippen LogP contribution in [0.2, 0.25) is 0 Å². The van der Waals surface area contributed by atoms with Crippen molar-refractivity contribution in [2.75, 3.05) is 99.6 Å². The number of aryl methyl sites for hydroxylation is 3. The van der Waals surface area contributed by atoms with Gasteiger partial charge in [-0.2, -0.15) is 4.98 Å². The lowest BCUT2D eigenvalue weighted by Crippen LogP contribution is -2.49. The van der Waals surface area contributed by atoms with Crippen LogP contribution in [0.1, 0.15) is 62.0 Å². The van der Waals surface area contributed by atoms with Crippen LogP contribution in [0, 0.1) is 25.7 Å². The highest BCUT2D eigenvalue weighted by Crippen LogP contribution is 2.38. The fourth-order valence-corrected chi connectivity index (χ4v) is 10.7. The third kappa shape index (κ3) is 11.4. The van der Waals surface area contributed by atoms with Gasteiger partial charge in [-0.25, -0.2) is 4.98 Å². The number of hydrogen-bond donors (Lipinski definition) is 3. The molecule has 73 heavy (non-hydrogen) atoms. The number of amides is 2. The number of phenols is 2. The summed E-state index contributed by atoms with van der Waals surface area (Å²) < 4.78 is 8.09. The molecule has 3 aliphatic heterocycles. The highest BCUT2D eigenvalue weighted by atomic mass is 16.5. The van der Waals surface area contributed by atoms with Crippen molar-refractivity contribution in [3.05, 3.63) is 108 Å². The van der Waals surface area contributed by atoms with Crippen molar-refractivity contribution < 1.29 is 24.5 Å². The van der Waals surface area contributed by atoms with E-state index in [1.165, 1.54) is 16.5 Å². The van der Waals surface area contributed by atoms with Crippen molar-refractivity contribution >= 4 is 46.8 Å². The average molecular weight is 991 g/mol. The maximum absolute atomic E-state index is 13.9. The molecule has 2 amide bonds. The molecule has 2 aromatic heterocycles. The Morgan fingerprint density at radius 3 is 2.22 bits per heavy atom. The van der Waals surface area contributed by atoms with E-state index in [0.29, 0.717) is 65.3 Å². The molecule has 0 atom stereocenters. The second kappa shape index (κ2) is 22.7. The van der Waals surface area contributed by atoms with Gasteiger partial charge in [0.05, 0.1) is 24.1 Å². The van der Waals surface area contributed by atoms with Crippen LogP contribution in [0.3, 0.4) is 0 Å². The van der Waals surface area contributed by atoms with Gasteiger partial charge in [0.15, 0.2) is 11.6 Å². The Kier molecular flexibility index (Phi) is 15.7. The lowest BCUT2D eigenvalue weighted by Gasteiger charge is -2.40. The summed E-state index contributed by atoms with van der Waals surface area (Å²) in [6.07, 6.45) is 6.77.